The minimum Gasteiger partial charge on any atom is -0.477 e. The van der Waals surface area contributed by atoms with Crippen molar-refractivity contribution in [2.45, 2.75) is 37.8 Å². The summed E-state index contributed by atoms with van der Waals surface area (Å²) in [6, 6.07) is 10.9. The van der Waals surface area contributed by atoms with Gasteiger partial charge in [-0.2, -0.15) is 18.2 Å². The van der Waals surface area contributed by atoms with Crippen LogP contribution in [0.1, 0.15) is 16.8 Å². The summed E-state index contributed by atoms with van der Waals surface area (Å²) in [6.45, 7) is 4.90. The Morgan fingerprint density at radius 3 is 2.54 bits per heavy atom. The summed E-state index contributed by atoms with van der Waals surface area (Å²) >= 11 is 0. The molecule has 14 heteroatoms. The van der Waals surface area contributed by atoms with Gasteiger partial charge >= 0.3 is 6.18 Å². The fourth-order valence-corrected chi connectivity index (χ4v) is 6.60. The van der Waals surface area contributed by atoms with Crippen LogP contribution in [0.2, 0.25) is 25.2 Å². The molecular weight excluding hydrogens is 529 g/mol. The molecule has 37 heavy (non-hydrogen) atoms. The molecule has 1 aromatic heterocycles. The van der Waals surface area contributed by atoms with Crippen molar-refractivity contribution in [2.24, 2.45) is 0 Å². The third kappa shape index (κ3) is 8.89. The standard InChI is InChI=1S/C23H31F3N4O5SSi/c1-37(2)14-9-30(10-15-37)19-16-17(29-36(33,34)13-11-31)6-7-18(19)22(32)28-20-4-3-5-21(27-20)35-12-8-23(24,25)26/h3-7,16,29,31H,8-15H2,1-2H3,(H,27,28,32). The molecular formula is C23H31F3N4O5SSi. The first kappa shape index (κ1) is 28.7. The Labute approximate surface area is 215 Å². The fourth-order valence-electron chi connectivity index (χ4n) is 3.77. The predicted octanol–water partition coefficient (Wildman–Crippen LogP) is 3.93. The highest BCUT2D eigenvalue weighted by molar-refractivity contribution is 7.92. The lowest BCUT2D eigenvalue weighted by molar-refractivity contribution is -0.139. The third-order valence-corrected chi connectivity index (χ3v) is 10.4. The maximum Gasteiger partial charge on any atom is 0.392 e. The van der Waals surface area contributed by atoms with E-state index in [4.69, 9.17) is 9.84 Å². The van der Waals surface area contributed by atoms with Gasteiger partial charge in [0, 0.05) is 19.2 Å². The van der Waals surface area contributed by atoms with Crippen LogP contribution in [-0.2, 0) is 10.0 Å². The normalized spacial score (nSPS) is 15.8. The molecule has 2 heterocycles. The number of halogens is 3. The molecule has 1 fully saturated rings. The van der Waals surface area contributed by atoms with Crippen molar-refractivity contribution in [1.29, 1.82) is 0 Å². The van der Waals surface area contributed by atoms with Crippen molar-refractivity contribution < 1.29 is 36.2 Å². The zero-order valence-corrected chi connectivity index (χ0v) is 22.5. The number of nitrogens with one attached hydrogen (secondary N) is 2. The number of carbonyl (C=O) groups excluding carboxylic acids is 1. The Balaban J connectivity index is 1.82. The molecule has 1 saturated heterocycles. The van der Waals surface area contributed by atoms with Gasteiger partial charge in [0.05, 0.1) is 50.4 Å². The molecule has 0 radical (unpaired) electrons. The van der Waals surface area contributed by atoms with Crippen molar-refractivity contribution in [3.05, 3.63) is 42.0 Å². The van der Waals surface area contributed by atoms with Crippen LogP contribution < -0.4 is 19.7 Å². The molecule has 0 unspecified atom stereocenters. The highest BCUT2D eigenvalue weighted by Crippen LogP contribution is 2.32. The minimum atomic E-state index is -4.35. The second kappa shape index (κ2) is 11.7. The molecule has 9 nitrogen and oxygen atoms in total. The van der Waals surface area contributed by atoms with Gasteiger partial charge in [0.2, 0.25) is 15.9 Å². The number of hydrogen-bond donors (Lipinski definition) is 3. The van der Waals surface area contributed by atoms with E-state index in [2.05, 4.69) is 28.1 Å². The van der Waals surface area contributed by atoms with Gasteiger partial charge in [0.1, 0.15) is 5.82 Å². The number of aliphatic hydroxyl groups is 1. The topological polar surface area (TPSA) is 121 Å². The van der Waals surface area contributed by atoms with Crippen LogP contribution in [-0.4, -0.2) is 70.7 Å². The Kier molecular flexibility index (Phi) is 9.08. The molecule has 0 aliphatic carbocycles. The predicted molar refractivity (Wildman–Crippen MR) is 139 cm³/mol. The molecule has 3 N–H and O–H groups in total. The van der Waals surface area contributed by atoms with Crippen molar-refractivity contribution in [3.63, 3.8) is 0 Å². The van der Waals surface area contributed by atoms with Gasteiger partial charge in [-0.15, -0.1) is 0 Å². The van der Waals surface area contributed by atoms with Crippen LogP contribution in [0.15, 0.2) is 36.4 Å². The summed E-state index contributed by atoms with van der Waals surface area (Å²) in [5, 5.41) is 11.7. The highest BCUT2D eigenvalue weighted by Gasteiger charge is 2.30. The number of nitrogens with zero attached hydrogens (tertiary/aromatic N) is 2. The number of hydrogen-bond acceptors (Lipinski definition) is 7. The fraction of sp³-hybridized carbons (Fsp3) is 0.478. The van der Waals surface area contributed by atoms with Crippen LogP contribution in [0, 0.1) is 0 Å². The van der Waals surface area contributed by atoms with Gasteiger partial charge < -0.3 is 20.1 Å². The second-order valence-corrected chi connectivity index (χ2v) is 16.7. The largest absolute Gasteiger partial charge is 0.477 e. The molecule has 2 aromatic rings. The highest BCUT2D eigenvalue weighted by atomic mass is 32.2. The van der Waals surface area contributed by atoms with Crippen LogP contribution in [0.3, 0.4) is 0 Å². The minimum absolute atomic E-state index is 0.0564. The zero-order chi connectivity index (χ0) is 27.3. The molecule has 3 rings (SSSR count). The molecule has 1 aliphatic rings. The summed E-state index contributed by atoms with van der Waals surface area (Å²) in [5.74, 6) is -0.928. The van der Waals surface area contributed by atoms with Crippen LogP contribution in [0.5, 0.6) is 5.88 Å². The molecule has 1 amide bonds. The number of amides is 1. The average Bonchev–Trinajstić information content (AvgIpc) is 2.78. The molecule has 0 bridgehead atoms. The maximum absolute atomic E-state index is 13.2. The van der Waals surface area contributed by atoms with Gasteiger partial charge in [0.15, 0.2) is 0 Å². The van der Waals surface area contributed by atoms with E-state index in [1.54, 1.807) is 6.07 Å². The lowest BCUT2D eigenvalue weighted by atomic mass is 10.1. The number of alkyl halides is 3. The lowest BCUT2D eigenvalue weighted by Crippen LogP contribution is -2.43. The van der Waals surface area contributed by atoms with E-state index in [-0.39, 0.29) is 22.9 Å². The number of carbonyl (C=O) groups is 1. The number of anilines is 3. The molecule has 1 aliphatic heterocycles. The van der Waals surface area contributed by atoms with E-state index >= 15 is 0 Å². The SMILES string of the molecule is C[Si]1(C)CCN(c2cc(NS(=O)(=O)CCO)ccc2C(=O)Nc2cccc(OCCC(F)(F)F)n2)CC1. The van der Waals surface area contributed by atoms with Crippen LogP contribution in [0.25, 0.3) is 0 Å². The zero-order valence-electron chi connectivity index (χ0n) is 20.6. The summed E-state index contributed by atoms with van der Waals surface area (Å²) in [6.07, 6.45) is -5.48. The molecule has 0 spiro atoms. The van der Waals surface area contributed by atoms with E-state index in [0.717, 1.165) is 12.1 Å². The van der Waals surface area contributed by atoms with Crippen molar-refractivity contribution >= 4 is 41.2 Å². The first-order valence-electron chi connectivity index (χ1n) is 11.8. The van der Waals surface area contributed by atoms with Gasteiger partial charge in [-0.05, 0) is 36.4 Å². The number of sulfonamides is 1. The Bertz CT molecular complexity index is 1200. The van der Waals surface area contributed by atoms with Gasteiger partial charge in [-0.25, -0.2) is 8.42 Å². The average molecular weight is 561 g/mol. The summed E-state index contributed by atoms with van der Waals surface area (Å²) in [5.41, 5.74) is 1.10. The van der Waals surface area contributed by atoms with Crippen molar-refractivity contribution in [2.75, 3.05) is 47.0 Å². The van der Waals surface area contributed by atoms with Crippen molar-refractivity contribution in [3.8, 4) is 5.88 Å². The van der Waals surface area contributed by atoms with E-state index in [9.17, 15) is 26.4 Å². The molecule has 0 atom stereocenters. The van der Waals surface area contributed by atoms with Crippen molar-refractivity contribution in [1.82, 2.24) is 4.98 Å². The molecule has 0 saturated carbocycles. The summed E-state index contributed by atoms with van der Waals surface area (Å²) in [4.78, 5) is 19.3. The summed E-state index contributed by atoms with van der Waals surface area (Å²) in [7, 11) is -5.10. The second-order valence-electron chi connectivity index (χ2n) is 9.56. The van der Waals surface area contributed by atoms with E-state index < -0.39 is 55.6 Å². The van der Waals surface area contributed by atoms with Gasteiger partial charge in [-0.1, -0.05) is 19.2 Å². The van der Waals surface area contributed by atoms with E-state index in [1.165, 1.54) is 30.3 Å². The first-order chi connectivity index (χ1) is 17.3. The van der Waals surface area contributed by atoms with Crippen LogP contribution in [0.4, 0.5) is 30.4 Å². The quantitative estimate of drug-likeness (QED) is 0.377. The van der Waals surface area contributed by atoms with Crippen LogP contribution >= 0.6 is 0 Å². The van der Waals surface area contributed by atoms with Gasteiger partial charge in [0.25, 0.3) is 5.91 Å². The summed E-state index contributed by atoms with van der Waals surface area (Å²) < 4.78 is 68.9. The Morgan fingerprint density at radius 1 is 1.19 bits per heavy atom. The maximum atomic E-state index is 13.2. The third-order valence-electron chi connectivity index (χ3n) is 5.93. The molecule has 204 valence electrons. The Morgan fingerprint density at radius 2 is 1.89 bits per heavy atom. The smallest absolute Gasteiger partial charge is 0.392 e. The monoisotopic (exact) mass is 560 g/mol. The molecule has 1 aromatic carbocycles. The number of aliphatic hydroxyl groups excluding tert-OH is 1. The van der Waals surface area contributed by atoms with E-state index in [1.807, 2.05) is 4.90 Å². The lowest BCUT2D eigenvalue weighted by Gasteiger charge is -2.38. The van der Waals surface area contributed by atoms with Gasteiger partial charge in [-0.3, -0.25) is 9.52 Å². The number of ether oxygens (including phenoxy) is 1. The first-order valence-corrected chi connectivity index (χ1v) is 16.8. The number of pyridine rings is 1. The Hall–Kier alpha value is -2.84. The number of rotatable bonds is 10. The number of benzene rings is 1. The van der Waals surface area contributed by atoms with E-state index in [0.29, 0.717) is 18.8 Å². The number of aromatic nitrogens is 1.